The highest BCUT2D eigenvalue weighted by Gasteiger charge is 2.25. The number of carbonyl (C=O) groups is 1. The second-order valence-corrected chi connectivity index (χ2v) is 5.96. The molecule has 3 nitrogen and oxygen atoms in total. The molecule has 0 aromatic heterocycles. The van der Waals surface area contributed by atoms with Crippen LogP contribution in [0.2, 0.25) is 0 Å². The van der Waals surface area contributed by atoms with Crippen LogP contribution in [0.3, 0.4) is 0 Å². The zero-order chi connectivity index (χ0) is 15.2. The molecule has 0 saturated carbocycles. The molecule has 1 aliphatic rings. The third kappa shape index (κ3) is 4.53. The van der Waals surface area contributed by atoms with E-state index >= 15 is 0 Å². The van der Waals surface area contributed by atoms with Crippen LogP contribution >= 0.6 is 0 Å². The van der Waals surface area contributed by atoms with E-state index in [2.05, 4.69) is 0 Å². The summed E-state index contributed by atoms with van der Waals surface area (Å²) >= 11 is 0. The van der Waals surface area contributed by atoms with Crippen molar-refractivity contribution in [1.29, 1.82) is 0 Å². The normalized spacial score (nSPS) is 17.8. The van der Waals surface area contributed by atoms with Gasteiger partial charge in [-0.25, -0.2) is 4.39 Å². The Labute approximate surface area is 126 Å². The Morgan fingerprint density at radius 1 is 1.43 bits per heavy atom. The maximum absolute atomic E-state index is 13.2. The van der Waals surface area contributed by atoms with Gasteiger partial charge in [0.2, 0.25) is 5.91 Å². The van der Waals surface area contributed by atoms with Crippen molar-refractivity contribution in [2.45, 2.75) is 26.2 Å². The van der Waals surface area contributed by atoms with Crippen molar-refractivity contribution in [2.75, 3.05) is 26.8 Å². The third-order valence-corrected chi connectivity index (χ3v) is 4.18. The van der Waals surface area contributed by atoms with Gasteiger partial charge < -0.3 is 9.64 Å². The molecule has 116 valence electrons. The van der Waals surface area contributed by atoms with Crippen LogP contribution in [0, 0.1) is 17.7 Å². The smallest absolute Gasteiger partial charge is 0.227 e. The SMILES string of the molecule is COCC(C)C(=O)N1CCC(Cc2cccc(F)c2)CC1. The molecule has 1 amide bonds. The molecule has 1 aliphatic heterocycles. The maximum atomic E-state index is 13.2. The number of likely N-dealkylation sites (tertiary alicyclic amines) is 1. The van der Waals surface area contributed by atoms with Gasteiger partial charge in [0.25, 0.3) is 0 Å². The van der Waals surface area contributed by atoms with Crippen LogP contribution in [0.5, 0.6) is 0 Å². The van der Waals surface area contributed by atoms with Gasteiger partial charge in [-0.3, -0.25) is 4.79 Å². The molecule has 1 unspecified atom stereocenters. The van der Waals surface area contributed by atoms with E-state index in [0.717, 1.165) is 37.9 Å². The van der Waals surface area contributed by atoms with Crippen molar-refractivity contribution < 1.29 is 13.9 Å². The number of halogens is 1. The number of rotatable bonds is 5. The van der Waals surface area contributed by atoms with Crippen molar-refractivity contribution in [3.8, 4) is 0 Å². The van der Waals surface area contributed by atoms with Gasteiger partial charge in [0, 0.05) is 20.2 Å². The number of ether oxygens (including phenoxy) is 1. The number of hydrogen-bond donors (Lipinski definition) is 0. The van der Waals surface area contributed by atoms with Gasteiger partial charge in [0.05, 0.1) is 12.5 Å². The van der Waals surface area contributed by atoms with Gasteiger partial charge in [-0.1, -0.05) is 19.1 Å². The summed E-state index contributed by atoms with van der Waals surface area (Å²) in [7, 11) is 1.62. The highest BCUT2D eigenvalue weighted by molar-refractivity contribution is 5.78. The molecule has 2 rings (SSSR count). The van der Waals surface area contributed by atoms with Gasteiger partial charge in [-0.05, 0) is 42.9 Å². The van der Waals surface area contributed by atoms with Gasteiger partial charge in [-0.15, -0.1) is 0 Å². The quantitative estimate of drug-likeness (QED) is 0.835. The number of benzene rings is 1. The number of amides is 1. The molecule has 21 heavy (non-hydrogen) atoms. The Bertz CT molecular complexity index is 470. The van der Waals surface area contributed by atoms with Crippen LogP contribution in [0.1, 0.15) is 25.3 Å². The summed E-state index contributed by atoms with van der Waals surface area (Å²) in [5.41, 5.74) is 1.05. The van der Waals surface area contributed by atoms with Crippen molar-refractivity contribution >= 4 is 5.91 Å². The molecule has 4 heteroatoms. The Morgan fingerprint density at radius 3 is 2.76 bits per heavy atom. The molecule has 0 spiro atoms. The number of hydrogen-bond acceptors (Lipinski definition) is 2. The monoisotopic (exact) mass is 293 g/mol. The predicted molar refractivity (Wildman–Crippen MR) is 80.4 cm³/mol. The van der Waals surface area contributed by atoms with E-state index in [1.807, 2.05) is 17.9 Å². The van der Waals surface area contributed by atoms with Crippen LogP contribution in [-0.4, -0.2) is 37.6 Å². The number of carbonyl (C=O) groups excluding carboxylic acids is 1. The lowest BCUT2D eigenvalue weighted by molar-refractivity contribution is -0.138. The van der Waals surface area contributed by atoms with E-state index in [4.69, 9.17) is 4.74 Å². The molecule has 0 radical (unpaired) electrons. The molecule has 1 atom stereocenters. The van der Waals surface area contributed by atoms with E-state index in [0.29, 0.717) is 12.5 Å². The molecule has 1 aromatic rings. The lowest BCUT2D eigenvalue weighted by atomic mass is 9.89. The first-order valence-corrected chi connectivity index (χ1v) is 7.62. The van der Waals surface area contributed by atoms with Crippen molar-refractivity contribution in [2.24, 2.45) is 11.8 Å². The first-order valence-electron chi connectivity index (χ1n) is 7.62. The summed E-state index contributed by atoms with van der Waals surface area (Å²) in [5, 5.41) is 0. The van der Waals surface area contributed by atoms with Gasteiger partial charge >= 0.3 is 0 Å². The molecule has 0 N–H and O–H groups in total. The summed E-state index contributed by atoms with van der Waals surface area (Å²) in [6, 6.07) is 6.82. The van der Waals surface area contributed by atoms with E-state index in [1.54, 1.807) is 19.2 Å². The molecule has 1 saturated heterocycles. The largest absolute Gasteiger partial charge is 0.384 e. The third-order valence-electron chi connectivity index (χ3n) is 4.18. The lowest BCUT2D eigenvalue weighted by Gasteiger charge is -2.33. The zero-order valence-electron chi connectivity index (χ0n) is 12.8. The van der Waals surface area contributed by atoms with Gasteiger partial charge in [0.15, 0.2) is 0 Å². The van der Waals surface area contributed by atoms with Crippen LogP contribution in [-0.2, 0) is 16.0 Å². The minimum absolute atomic E-state index is 0.0743. The van der Waals surface area contributed by atoms with E-state index in [1.165, 1.54) is 6.07 Å². The lowest BCUT2D eigenvalue weighted by Crippen LogP contribution is -2.42. The van der Waals surface area contributed by atoms with Crippen LogP contribution < -0.4 is 0 Å². The molecule has 0 aliphatic carbocycles. The Morgan fingerprint density at radius 2 is 2.14 bits per heavy atom. The Kier molecular flexibility index (Phi) is 5.74. The number of piperidine rings is 1. The minimum atomic E-state index is -0.173. The summed E-state index contributed by atoms with van der Waals surface area (Å²) in [6.45, 7) is 3.98. The second-order valence-electron chi connectivity index (χ2n) is 5.96. The fourth-order valence-corrected chi connectivity index (χ4v) is 2.99. The average molecular weight is 293 g/mol. The molecule has 1 heterocycles. The van der Waals surface area contributed by atoms with Crippen LogP contribution in [0.15, 0.2) is 24.3 Å². The highest BCUT2D eigenvalue weighted by atomic mass is 19.1. The topological polar surface area (TPSA) is 29.5 Å². The van der Waals surface area contributed by atoms with Crippen LogP contribution in [0.4, 0.5) is 4.39 Å². The Balaban J connectivity index is 1.82. The second kappa shape index (κ2) is 7.55. The van der Waals surface area contributed by atoms with Crippen molar-refractivity contribution in [3.05, 3.63) is 35.6 Å². The van der Waals surface area contributed by atoms with Crippen molar-refractivity contribution in [1.82, 2.24) is 4.90 Å². The predicted octanol–water partition coefficient (Wildman–Crippen LogP) is 2.89. The summed E-state index contributed by atoms with van der Waals surface area (Å²) in [6.07, 6.45) is 2.87. The van der Waals surface area contributed by atoms with Gasteiger partial charge in [0.1, 0.15) is 5.82 Å². The number of nitrogens with zero attached hydrogens (tertiary/aromatic N) is 1. The summed E-state index contributed by atoms with van der Waals surface area (Å²) < 4.78 is 18.2. The average Bonchev–Trinajstić information content (AvgIpc) is 2.47. The fraction of sp³-hybridized carbons (Fsp3) is 0.588. The van der Waals surface area contributed by atoms with E-state index in [-0.39, 0.29) is 17.6 Å². The molecule has 0 bridgehead atoms. The van der Waals surface area contributed by atoms with Crippen molar-refractivity contribution in [3.63, 3.8) is 0 Å². The summed E-state index contributed by atoms with van der Waals surface area (Å²) in [4.78, 5) is 14.1. The van der Waals surface area contributed by atoms with E-state index < -0.39 is 0 Å². The first kappa shape index (κ1) is 16.0. The Hall–Kier alpha value is -1.42. The molecule has 1 fully saturated rings. The molecular formula is C17H24FNO2. The van der Waals surface area contributed by atoms with E-state index in [9.17, 15) is 9.18 Å². The summed E-state index contributed by atoms with van der Waals surface area (Å²) in [5.74, 6) is 0.470. The minimum Gasteiger partial charge on any atom is -0.384 e. The maximum Gasteiger partial charge on any atom is 0.227 e. The molecule has 1 aromatic carbocycles. The first-order chi connectivity index (χ1) is 10.1. The van der Waals surface area contributed by atoms with Gasteiger partial charge in [-0.2, -0.15) is 0 Å². The zero-order valence-corrected chi connectivity index (χ0v) is 12.8. The standard InChI is InChI=1S/C17H24FNO2/c1-13(12-21-2)17(20)19-8-6-14(7-9-19)10-15-4-3-5-16(18)11-15/h3-5,11,13-14H,6-10,12H2,1-2H3. The highest BCUT2D eigenvalue weighted by Crippen LogP contribution is 2.23. The number of methoxy groups -OCH3 is 1. The van der Waals surface area contributed by atoms with Crippen LogP contribution in [0.25, 0.3) is 0 Å². The fourth-order valence-electron chi connectivity index (χ4n) is 2.99. The molecular weight excluding hydrogens is 269 g/mol.